The lowest BCUT2D eigenvalue weighted by atomic mass is 10.0. The van der Waals surface area contributed by atoms with Crippen LogP contribution in [0.25, 0.3) is 39.1 Å². The zero-order valence-corrected chi connectivity index (χ0v) is 19.1. The number of hydrogen-bond donors (Lipinski definition) is 3. The van der Waals surface area contributed by atoms with Crippen molar-refractivity contribution in [2.45, 2.75) is 11.4 Å². The molecule has 3 aromatic carbocycles. The quantitative estimate of drug-likeness (QED) is 0.344. The minimum atomic E-state index is -4.01. The van der Waals surface area contributed by atoms with Crippen LogP contribution in [0.15, 0.2) is 84.1 Å². The van der Waals surface area contributed by atoms with Crippen molar-refractivity contribution in [3.8, 4) is 33.8 Å². The van der Waals surface area contributed by atoms with E-state index >= 15 is 4.39 Å². The highest BCUT2D eigenvalue weighted by molar-refractivity contribution is 7.89. The van der Waals surface area contributed by atoms with Gasteiger partial charge in [-0.2, -0.15) is 0 Å². The van der Waals surface area contributed by atoms with Gasteiger partial charge in [0.1, 0.15) is 28.9 Å². The van der Waals surface area contributed by atoms with Crippen molar-refractivity contribution in [3.05, 3.63) is 90.6 Å². The summed E-state index contributed by atoms with van der Waals surface area (Å²) in [5.74, 6) is -0.931. The van der Waals surface area contributed by atoms with Gasteiger partial charge in [-0.25, -0.2) is 27.9 Å². The fraction of sp³-hybridized carbons (Fsp3) is 0.0400. The zero-order chi connectivity index (χ0) is 24.7. The van der Waals surface area contributed by atoms with Gasteiger partial charge in [0.05, 0.1) is 11.1 Å². The summed E-state index contributed by atoms with van der Waals surface area (Å²) in [5, 5.41) is 16.4. The van der Waals surface area contributed by atoms with Crippen molar-refractivity contribution < 1.29 is 17.9 Å². The molecule has 0 amide bonds. The van der Waals surface area contributed by atoms with Gasteiger partial charge in [-0.05, 0) is 41.5 Å². The molecule has 10 heteroatoms. The third-order valence-electron chi connectivity index (χ3n) is 5.71. The van der Waals surface area contributed by atoms with Gasteiger partial charge in [-0.1, -0.05) is 36.4 Å². The van der Waals surface area contributed by atoms with E-state index in [2.05, 4.69) is 9.97 Å². The Labute approximate surface area is 200 Å². The Kier molecular flexibility index (Phi) is 5.56. The van der Waals surface area contributed by atoms with Gasteiger partial charge in [0.15, 0.2) is 5.75 Å². The number of rotatable bonds is 5. The second-order valence-electron chi connectivity index (χ2n) is 7.91. The van der Waals surface area contributed by atoms with Crippen molar-refractivity contribution in [2.75, 3.05) is 0 Å². The largest absolute Gasteiger partial charge is 0.504 e. The molecule has 176 valence electrons. The fourth-order valence-corrected chi connectivity index (χ4v) is 4.81. The number of aromatic nitrogens is 3. The van der Waals surface area contributed by atoms with Crippen LogP contribution >= 0.6 is 0 Å². The topological polar surface area (TPSA) is 137 Å². The average molecular weight is 490 g/mol. The van der Waals surface area contributed by atoms with E-state index in [1.165, 1.54) is 30.5 Å². The maximum Gasteiger partial charge on any atom is 0.238 e. The highest BCUT2D eigenvalue weighted by Gasteiger charge is 2.20. The summed E-state index contributed by atoms with van der Waals surface area (Å²) in [6, 6.07) is 17.7. The smallest absolute Gasteiger partial charge is 0.238 e. The van der Waals surface area contributed by atoms with Crippen LogP contribution in [0.2, 0.25) is 0 Å². The van der Waals surface area contributed by atoms with E-state index in [0.717, 1.165) is 11.3 Å². The molecule has 8 nitrogen and oxygen atoms in total. The van der Waals surface area contributed by atoms with Crippen LogP contribution < -0.4 is 10.9 Å². The molecule has 5 rings (SSSR count). The van der Waals surface area contributed by atoms with Crippen LogP contribution in [-0.2, 0) is 16.6 Å². The summed E-state index contributed by atoms with van der Waals surface area (Å²) < 4.78 is 40.9. The second kappa shape index (κ2) is 8.58. The number of aromatic hydroxyl groups is 1. The number of nitrogens with two attached hydrogens (primary N) is 2. The summed E-state index contributed by atoms with van der Waals surface area (Å²) in [4.78, 5) is 8.42. The Hall–Kier alpha value is -4.12. The standard InChI is InChI=1S/C25H20FN5O3S/c26-20-11-16(18-6-1-2-7-22(18)35(28,33)34)8-9-19(20)23-25(32)24-21(13-29-23)30-14-31(24)17-5-3-4-15(10-17)12-27/h1-11,13-14,32H,12,27H2,(H2,28,33,34). The van der Waals surface area contributed by atoms with E-state index in [-0.39, 0.29) is 27.5 Å². The zero-order valence-electron chi connectivity index (χ0n) is 18.3. The number of hydrogen-bond acceptors (Lipinski definition) is 6. The lowest BCUT2D eigenvalue weighted by Crippen LogP contribution is -2.13. The summed E-state index contributed by atoms with van der Waals surface area (Å²) in [7, 11) is -4.01. The number of benzene rings is 3. The SMILES string of the molecule is NCc1cccc(-n2cnc3cnc(-c4ccc(-c5ccccc5S(N)(=O)=O)cc4F)c(O)c32)c1. The van der Waals surface area contributed by atoms with Crippen molar-refractivity contribution >= 4 is 21.1 Å². The Morgan fingerprint density at radius 1 is 0.971 bits per heavy atom. The van der Waals surface area contributed by atoms with Crippen molar-refractivity contribution in [1.29, 1.82) is 0 Å². The fourth-order valence-electron chi connectivity index (χ4n) is 4.05. The van der Waals surface area contributed by atoms with Crippen LogP contribution in [0.4, 0.5) is 4.39 Å². The van der Waals surface area contributed by atoms with Gasteiger partial charge in [-0.3, -0.25) is 4.57 Å². The van der Waals surface area contributed by atoms with Gasteiger partial charge in [0.25, 0.3) is 0 Å². The Balaban J connectivity index is 1.64. The molecule has 35 heavy (non-hydrogen) atoms. The average Bonchev–Trinajstić information content (AvgIpc) is 3.29. The van der Waals surface area contributed by atoms with Crippen LogP contribution in [0, 0.1) is 5.82 Å². The van der Waals surface area contributed by atoms with E-state index in [0.29, 0.717) is 23.1 Å². The number of imidazole rings is 1. The molecule has 0 unspecified atom stereocenters. The van der Waals surface area contributed by atoms with Crippen LogP contribution in [0.5, 0.6) is 5.75 Å². The Morgan fingerprint density at radius 2 is 1.77 bits per heavy atom. The van der Waals surface area contributed by atoms with Gasteiger partial charge in [-0.15, -0.1) is 0 Å². The molecule has 0 spiro atoms. The summed E-state index contributed by atoms with van der Waals surface area (Å²) in [5.41, 5.74) is 8.85. The Bertz CT molecular complexity index is 1700. The molecule has 0 aliphatic heterocycles. The summed E-state index contributed by atoms with van der Waals surface area (Å²) in [6.07, 6.45) is 3.01. The monoisotopic (exact) mass is 489 g/mol. The van der Waals surface area contributed by atoms with E-state index in [1.54, 1.807) is 29.1 Å². The molecule has 5 N–H and O–H groups in total. The minimum absolute atomic E-state index is 0.0259. The number of nitrogens with zero attached hydrogens (tertiary/aromatic N) is 3. The highest BCUT2D eigenvalue weighted by atomic mass is 32.2. The maximum absolute atomic E-state index is 15.3. The lowest BCUT2D eigenvalue weighted by Gasteiger charge is -2.12. The molecule has 0 saturated heterocycles. The summed E-state index contributed by atoms with van der Waals surface area (Å²) >= 11 is 0. The number of pyridine rings is 1. The predicted octanol–water partition coefficient (Wildman–Crippen LogP) is 3.71. The maximum atomic E-state index is 15.3. The van der Waals surface area contributed by atoms with E-state index in [4.69, 9.17) is 10.9 Å². The molecular formula is C25H20FN5O3S. The van der Waals surface area contributed by atoms with Crippen LogP contribution in [0.1, 0.15) is 5.56 Å². The first-order valence-corrected chi connectivity index (χ1v) is 12.1. The van der Waals surface area contributed by atoms with Crippen LogP contribution in [0.3, 0.4) is 0 Å². The highest BCUT2D eigenvalue weighted by Crippen LogP contribution is 2.37. The van der Waals surface area contributed by atoms with Gasteiger partial charge < -0.3 is 10.8 Å². The molecule has 2 aromatic heterocycles. The Morgan fingerprint density at radius 3 is 2.51 bits per heavy atom. The molecule has 0 saturated carbocycles. The van der Waals surface area contributed by atoms with E-state index in [1.807, 2.05) is 24.3 Å². The van der Waals surface area contributed by atoms with Crippen molar-refractivity contribution in [3.63, 3.8) is 0 Å². The molecule has 0 atom stereocenters. The number of fused-ring (bicyclic) bond motifs is 1. The molecule has 2 heterocycles. The van der Waals surface area contributed by atoms with Gasteiger partial charge in [0.2, 0.25) is 10.0 Å². The summed E-state index contributed by atoms with van der Waals surface area (Å²) in [6.45, 7) is 0.353. The molecular weight excluding hydrogens is 469 g/mol. The molecule has 0 radical (unpaired) electrons. The number of sulfonamides is 1. The molecule has 5 aromatic rings. The van der Waals surface area contributed by atoms with Gasteiger partial charge in [0, 0.05) is 23.4 Å². The first kappa shape index (κ1) is 22.7. The first-order valence-electron chi connectivity index (χ1n) is 10.5. The molecule has 0 fully saturated rings. The molecule has 0 aliphatic rings. The van der Waals surface area contributed by atoms with E-state index < -0.39 is 15.8 Å². The number of halogens is 1. The third kappa shape index (κ3) is 4.03. The van der Waals surface area contributed by atoms with Gasteiger partial charge >= 0.3 is 0 Å². The lowest BCUT2D eigenvalue weighted by molar-refractivity contribution is 0.479. The first-order chi connectivity index (χ1) is 16.8. The second-order valence-corrected chi connectivity index (χ2v) is 9.44. The molecule has 0 bridgehead atoms. The van der Waals surface area contributed by atoms with E-state index in [9.17, 15) is 13.5 Å². The van der Waals surface area contributed by atoms with Crippen molar-refractivity contribution in [2.24, 2.45) is 10.9 Å². The number of primary sulfonamides is 1. The molecule has 0 aliphatic carbocycles. The normalized spacial score (nSPS) is 11.7. The third-order valence-corrected chi connectivity index (χ3v) is 6.68. The minimum Gasteiger partial charge on any atom is -0.504 e. The van der Waals surface area contributed by atoms with Crippen LogP contribution in [-0.4, -0.2) is 28.1 Å². The predicted molar refractivity (Wildman–Crippen MR) is 131 cm³/mol. The van der Waals surface area contributed by atoms with Crippen molar-refractivity contribution in [1.82, 2.24) is 14.5 Å².